The van der Waals surface area contributed by atoms with Crippen LogP contribution in [0.15, 0.2) is 449 Å². The predicted octanol–water partition coefficient (Wildman–Crippen LogP) is 31.9. The molecule has 0 spiro atoms. The molecule has 22 aromatic rings. The molecule has 0 atom stereocenters. The second kappa shape index (κ2) is 34.5. The third-order valence-corrected chi connectivity index (χ3v) is 24.9. The predicted molar refractivity (Wildman–Crippen MR) is 542 cm³/mol. The van der Waals surface area contributed by atoms with Crippen LogP contribution in [0, 0.1) is 0 Å². The van der Waals surface area contributed by atoms with Crippen molar-refractivity contribution >= 4 is 43.6 Å². The molecule has 8 nitrogen and oxygen atoms in total. The van der Waals surface area contributed by atoms with Crippen molar-refractivity contribution in [3.05, 3.63) is 460 Å². The van der Waals surface area contributed by atoms with Crippen LogP contribution in [-0.4, -0.2) is 39.0 Å². The molecule has 0 aliphatic carbocycles. The van der Waals surface area contributed by atoms with Crippen molar-refractivity contribution in [3.63, 3.8) is 0 Å². The average Bonchev–Trinajstić information content (AvgIpc) is 1.54. The summed E-state index contributed by atoms with van der Waals surface area (Å²) in [7, 11) is 0. The van der Waals surface area contributed by atoms with Crippen LogP contribution in [0.2, 0.25) is 0 Å². The van der Waals surface area contributed by atoms with E-state index in [9.17, 15) is 0 Å². The van der Waals surface area contributed by atoms with Gasteiger partial charge in [-0.2, -0.15) is 0 Å². The third-order valence-electron chi connectivity index (χ3n) is 24.9. The standard InChI is InChI=1S/C63H42N4.C59H50N4/c1-7-19-43(20-8-1)49-32-36-58-55(40-49)56-41-50(44-21-9-2-10-22-44)33-37-59(56)67(58)60-38-34-52(51-31-35-53(45-23-11-3-12-24-45)54(39-51)46-25-13-4-14-26-46)42-57(60)63-65-61(47-27-15-5-16-28-47)64-62(66-63)48-29-17-6-18-30-48;1-58(2,3)45-29-33-52-49(37-45)50-38-46(59(4,5)6)30-34-53(50)63(52)54-32-28-44(43-27-31-47(39-19-11-7-12-20-39)48(35-43)40-21-13-8-14-22-40)36-51(54)57-61-55(41-23-15-9-16-24-41)60-56(62-57)42-25-17-10-18-26-42/h1-42H;7-38H,1-6H3. The summed E-state index contributed by atoms with van der Waals surface area (Å²) in [6, 6.07) is 160. The molecular formula is C122H92N8. The van der Waals surface area contributed by atoms with Crippen LogP contribution >= 0.6 is 0 Å². The quantitative estimate of drug-likeness (QED) is 0.0958. The zero-order valence-corrected chi connectivity index (χ0v) is 73.3. The lowest BCUT2D eigenvalue weighted by atomic mass is 9.85. The molecule has 18 aromatic carbocycles. The van der Waals surface area contributed by atoms with E-state index in [1.807, 2.05) is 72.8 Å². The van der Waals surface area contributed by atoms with Gasteiger partial charge in [0.1, 0.15) is 0 Å². The topological polar surface area (TPSA) is 87.2 Å². The number of rotatable bonds is 16. The Morgan fingerprint density at radius 3 is 0.638 bits per heavy atom. The largest absolute Gasteiger partial charge is 0.309 e. The number of aromatic nitrogens is 8. The van der Waals surface area contributed by atoms with E-state index in [4.69, 9.17) is 29.9 Å². The highest BCUT2D eigenvalue weighted by Gasteiger charge is 2.28. The fourth-order valence-corrected chi connectivity index (χ4v) is 18.1. The highest BCUT2D eigenvalue weighted by atomic mass is 15.1. The number of hydrogen-bond donors (Lipinski definition) is 0. The molecule has 0 unspecified atom stereocenters. The Bertz CT molecular complexity index is 7620. The van der Waals surface area contributed by atoms with Crippen molar-refractivity contribution in [2.45, 2.75) is 52.4 Å². The van der Waals surface area contributed by atoms with Gasteiger partial charge in [0.25, 0.3) is 0 Å². The Morgan fingerprint density at radius 1 is 0.154 bits per heavy atom. The molecule has 0 saturated carbocycles. The monoisotopic (exact) mass is 1670 g/mol. The smallest absolute Gasteiger partial charge is 0.166 e. The first-order chi connectivity index (χ1) is 63.7. The Labute approximate surface area is 758 Å². The van der Waals surface area contributed by atoms with Gasteiger partial charge in [-0.1, -0.05) is 406 Å². The summed E-state index contributed by atoms with van der Waals surface area (Å²) in [4.78, 5) is 31.6. The normalized spacial score (nSPS) is 11.6. The third kappa shape index (κ3) is 16.0. The molecule has 0 N–H and O–H groups in total. The Morgan fingerprint density at radius 2 is 0.362 bits per heavy atom. The molecule has 0 aliphatic rings. The van der Waals surface area contributed by atoms with Gasteiger partial charge in [0.05, 0.1) is 33.4 Å². The number of nitrogens with zero attached hydrogens (tertiary/aromatic N) is 8. The highest BCUT2D eigenvalue weighted by Crippen LogP contribution is 2.47. The maximum Gasteiger partial charge on any atom is 0.166 e. The van der Waals surface area contributed by atoms with Gasteiger partial charge >= 0.3 is 0 Å². The minimum Gasteiger partial charge on any atom is -0.309 e. The lowest BCUT2D eigenvalue weighted by molar-refractivity contribution is 0.590. The minimum atomic E-state index is -0.0156. The van der Waals surface area contributed by atoms with Crippen LogP contribution in [0.3, 0.4) is 0 Å². The fourth-order valence-electron chi connectivity index (χ4n) is 18.1. The van der Waals surface area contributed by atoms with Crippen LogP contribution in [0.1, 0.15) is 52.7 Å². The Balaban J connectivity index is 0.000000158. The number of fused-ring (bicyclic) bond motifs is 6. The lowest BCUT2D eigenvalue weighted by Gasteiger charge is -2.20. The van der Waals surface area contributed by atoms with Gasteiger partial charge in [0, 0.05) is 54.9 Å². The second-order valence-corrected chi connectivity index (χ2v) is 35.4. The summed E-state index contributed by atoms with van der Waals surface area (Å²) in [5.74, 6) is 3.67. The van der Waals surface area contributed by atoms with Crippen molar-refractivity contribution in [2.24, 2.45) is 0 Å². The molecule has 8 heteroatoms. The maximum atomic E-state index is 5.36. The van der Waals surface area contributed by atoms with Crippen LogP contribution < -0.4 is 0 Å². The molecule has 0 saturated heterocycles. The van der Waals surface area contributed by atoms with Crippen molar-refractivity contribution in [1.29, 1.82) is 0 Å². The van der Waals surface area contributed by atoms with Crippen molar-refractivity contribution in [3.8, 4) is 169 Å². The van der Waals surface area contributed by atoms with E-state index in [-0.39, 0.29) is 10.8 Å². The Kier molecular flexibility index (Phi) is 21.4. The molecule has 4 heterocycles. The first-order valence-corrected chi connectivity index (χ1v) is 44.5. The summed E-state index contributed by atoms with van der Waals surface area (Å²) < 4.78 is 4.82. The fraction of sp³-hybridized carbons (Fsp3) is 0.0656. The van der Waals surface area contributed by atoms with Crippen molar-refractivity contribution in [2.75, 3.05) is 0 Å². The zero-order valence-electron chi connectivity index (χ0n) is 73.3. The maximum absolute atomic E-state index is 5.36. The molecule has 0 radical (unpaired) electrons. The molecule has 0 amide bonds. The number of hydrogen-bond acceptors (Lipinski definition) is 6. The van der Waals surface area contributed by atoms with Gasteiger partial charge in [0.15, 0.2) is 34.9 Å². The van der Waals surface area contributed by atoms with Gasteiger partial charge < -0.3 is 9.13 Å². The SMILES string of the molecule is CC(C)(C)c1ccc2c(c1)c1cc(C(C)(C)C)ccc1n2-c1ccc(-c2ccc(-c3ccccc3)c(-c3ccccc3)c2)cc1-c1nc(-c2ccccc2)nc(-c2ccccc2)n1.c1ccc(-c2ccc3c(c2)c2cc(-c4ccccc4)ccc2n3-c2ccc(-c3ccc(-c4ccccc4)c(-c4ccccc4)c3)cc2-c2nc(-c3ccccc3)nc(-c3ccccc3)n2)cc1. The molecule has 0 aliphatic heterocycles. The molecule has 130 heavy (non-hydrogen) atoms. The van der Waals surface area contributed by atoms with E-state index < -0.39 is 0 Å². The highest BCUT2D eigenvalue weighted by molar-refractivity contribution is 6.13. The lowest BCUT2D eigenvalue weighted by Crippen LogP contribution is -2.10. The van der Waals surface area contributed by atoms with Crippen LogP contribution in [0.5, 0.6) is 0 Å². The van der Waals surface area contributed by atoms with E-state index in [1.54, 1.807) is 0 Å². The van der Waals surface area contributed by atoms with Crippen molar-refractivity contribution < 1.29 is 0 Å². The first kappa shape index (κ1) is 80.7. The number of benzene rings is 18. The Hall–Kier alpha value is -16.4. The van der Waals surface area contributed by atoms with Crippen LogP contribution in [0.4, 0.5) is 0 Å². The average molecular weight is 1670 g/mol. The molecule has 0 fully saturated rings. The van der Waals surface area contributed by atoms with E-state index in [1.165, 1.54) is 93.9 Å². The molecular weight excluding hydrogens is 1580 g/mol. The second-order valence-electron chi connectivity index (χ2n) is 35.4. The van der Waals surface area contributed by atoms with Gasteiger partial charge in [0.2, 0.25) is 0 Å². The van der Waals surface area contributed by atoms with Gasteiger partial charge in [-0.15, -0.1) is 0 Å². The van der Waals surface area contributed by atoms with Gasteiger partial charge in [-0.3, -0.25) is 0 Å². The molecule has 4 aromatic heterocycles. The van der Waals surface area contributed by atoms with E-state index in [0.717, 1.165) is 94.6 Å². The first-order valence-electron chi connectivity index (χ1n) is 44.5. The van der Waals surface area contributed by atoms with Crippen LogP contribution in [0.25, 0.3) is 212 Å². The van der Waals surface area contributed by atoms with E-state index in [2.05, 4.69) is 427 Å². The summed E-state index contributed by atoms with van der Waals surface area (Å²) in [6.07, 6.45) is 0. The van der Waals surface area contributed by atoms with Crippen molar-refractivity contribution in [1.82, 2.24) is 39.0 Å². The summed E-state index contributed by atoms with van der Waals surface area (Å²) >= 11 is 0. The van der Waals surface area contributed by atoms with Gasteiger partial charge in [-0.25, -0.2) is 29.9 Å². The van der Waals surface area contributed by atoms with E-state index >= 15 is 0 Å². The van der Waals surface area contributed by atoms with E-state index in [0.29, 0.717) is 34.9 Å². The van der Waals surface area contributed by atoms with Gasteiger partial charge in [-0.05, 0) is 196 Å². The summed E-state index contributed by atoms with van der Waals surface area (Å²) in [6.45, 7) is 13.7. The zero-order chi connectivity index (χ0) is 87.8. The molecule has 0 bridgehead atoms. The molecule has 620 valence electrons. The van der Waals surface area contributed by atoms with Crippen LogP contribution in [-0.2, 0) is 10.8 Å². The minimum absolute atomic E-state index is 0.0156. The molecule has 22 rings (SSSR count). The summed E-state index contributed by atoms with van der Waals surface area (Å²) in [5, 5.41) is 4.79. The summed E-state index contributed by atoms with van der Waals surface area (Å²) in [5.41, 5.74) is 32.9.